The third-order valence-electron chi connectivity index (χ3n) is 2.73. The molecule has 0 heterocycles. The summed E-state index contributed by atoms with van der Waals surface area (Å²) in [6, 6.07) is 8.56. The van der Waals surface area contributed by atoms with E-state index in [1.165, 1.54) is 12.1 Å². The highest BCUT2D eigenvalue weighted by atomic mass is 79.9. The van der Waals surface area contributed by atoms with Crippen LogP contribution in [-0.2, 0) is 4.79 Å². The number of ether oxygens (including phenoxy) is 1. The van der Waals surface area contributed by atoms with E-state index in [9.17, 15) is 4.79 Å². The predicted molar refractivity (Wildman–Crippen MR) is 94.5 cm³/mol. The Kier molecular flexibility index (Phi) is 5.98. The van der Waals surface area contributed by atoms with Gasteiger partial charge < -0.3 is 10.1 Å². The second kappa shape index (κ2) is 7.55. The highest BCUT2D eigenvalue weighted by molar-refractivity contribution is 9.10. The Morgan fingerprint density at radius 1 is 1.14 bits per heavy atom. The van der Waals surface area contributed by atoms with E-state index >= 15 is 0 Å². The van der Waals surface area contributed by atoms with Gasteiger partial charge in [0.2, 0.25) is 0 Å². The molecule has 0 saturated heterocycles. The van der Waals surface area contributed by atoms with Crippen molar-refractivity contribution in [3.63, 3.8) is 0 Å². The first kappa shape index (κ1) is 17.4. The van der Waals surface area contributed by atoms with Crippen molar-refractivity contribution < 1.29 is 9.53 Å². The fourth-order valence-corrected chi connectivity index (χ4v) is 2.87. The molecular weight excluding hydrogens is 412 g/mol. The molecule has 0 aliphatic carbocycles. The SMILES string of the molecule is Cc1ccc(OCC(=O)Nc2cc(Cl)c(Cl)cc2Cl)c(Br)c1. The highest BCUT2D eigenvalue weighted by Crippen LogP contribution is 2.32. The number of anilines is 1. The van der Waals surface area contributed by atoms with E-state index in [4.69, 9.17) is 39.5 Å². The van der Waals surface area contributed by atoms with Gasteiger partial charge in [-0.05, 0) is 52.7 Å². The third-order valence-corrected chi connectivity index (χ3v) is 4.38. The summed E-state index contributed by atoms with van der Waals surface area (Å²) in [5.74, 6) is 0.230. The molecule has 1 N–H and O–H groups in total. The summed E-state index contributed by atoms with van der Waals surface area (Å²) in [6.45, 7) is 1.81. The molecule has 0 atom stereocenters. The van der Waals surface area contributed by atoms with Crippen LogP contribution in [0.5, 0.6) is 5.75 Å². The van der Waals surface area contributed by atoms with Crippen molar-refractivity contribution >= 4 is 62.3 Å². The molecule has 7 heteroatoms. The minimum absolute atomic E-state index is 0.155. The number of halogens is 4. The zero-order valence-electron chi connectivity index (χ0n) is 11.4. The van der Waals surface area contributed by atoms with Crippen molar-refractivity contribution in [2.24, 2.45) is 0 Å². The Hall–Kier alpha value is -0.940. The summed E-state index contributed by atoms with van der Waals surface area (Å²) in [5, 5.41) is 3.56. The number of amides is 1. The number of aryl methyl sites for hydroxylation is 1. The lowest BCUT2D eigenvalue weighted by molar-refractivity contribution is -0.118. The molecule has 0 spiro atoms. The first-order valence-corrected chi connectivity index (χ1v) is 8.13. The molecule has 0 saturated carbocycles. The molecule has 0 radical (unpaired) electrons. The maximum atomic E-state index is 11.9. The van der Waals surface area contributed by atoms with E-state index in [0.29, 0.717) is 26.5 Å². The summed E-state index contributed by atoms with van der Waals surface area (Å²) in [4.78, 5) is 11.9. The maximum absolute atomic E-state index is 11.9. The van der Waals surface area contributed by atoms with Crippen molar-refractivity contribution in [3.05, 3.63) is 55.4 Å². The fourth-order valence-electron chi connectivity index (χ4n) is 1.67. The number of hydrogen-bond acceptors (Lipinski definition) is 2. The largest absolute Gasteiger partial charge is 0.483 e. The molecule has 0 aliphatic rings. The first-order chi connectivity index (χ1) is 10.4. The summed E-state index contributed by atoms with van der Waals surface area (Å²) in [5.41, 5.74) is 1.47. The standard InChI is InChI=1S/C15H11BrCl3NO2/c1-8-2-3-14(9(16)4-8)22-7-15(21)20-13-6-11(18)10(17)5-12(13)19/h2-6H,7H2,1H3,(H,20,21). The molecule has 116 valence electrons. The Labute approximate surface area is 151 Å². The molecule has 0 aliphatic heterocycles. The summed E-state index contributed by atoms with van der Waals surface area (Å²) in [6.07, 6.45) is 0. The number of carbonyl (C=O) groups is 1. The van der Waals surface area contributed by atoms with E-state index in [0.717, 1.165) is 10.0 Å². The molecule has 1 amide bonds. The average Bonchev–Trinajstić information content (AvgIpc) is 2.44. The van der Waals surface area contributed by atoms with Gasteiger partial charge in [-0.3, -0.25) is 4.79 Å². The van der Waals surface area contributed by atoms with Crippen molar-refractivity contribution in [3.8, 4) is 5.75 Å². The zero-order valence-corrected chi connectivity index (χ0v) is 15.3. The Morgan fingerprint density at radius 3 is 2.50 bits per heavy atom. The van der Waals surface area contributed by atoms with Gasteiger partial charge in [-0.25, -0.2) is 0 Å². The number of carbonyl (C=O) groups excluding carboxylic acids is 1. The van der Waals surface area contributed by atoms with Crippen LogP contribution in [0.25, 0.3) is 0 Å². The molecular formula is C15H11BrCl3NO2. The lowest BCUT2D eigenvalue weighted by atomic mass is 10.2. The monoisotopic (exact) mass is 421 g/mol. The maximum Gasteiger partial charge on any atom is 0.262 e. The van der Waals surface area contributed by atoms with Crippen LogP contribution < -0.4 is 10.1 Å². The normalized spacial score (nSPS) is 10.4. The third kappa shape index (κ3) is 4.53. The average molecular weight is 424 g/mol. The number of benzene rings is 2. The molecule has 0 bridgehead atoms. The molecule has 2 rings (SSSR count). The molecule has 0 unspecified atom stereocenters. The van der Waals surface area contributed by atoms with Gasteiger partial charge in [-0.15, -0.1) is 0 Å². The smallest absolute Gasteiger partial charge is 0.262 e. The minimum Gasteiger partial charge on any atom is -0.483 e. The second-order valence-corrected chi connectivity index (χ2v) is 6.59. The quantitative estimate of drug-likeness (QED) is 0.638. The number of hydrogen-bond donors (Lipinski definition) is 1. The van der Waals surface area contributed by atoms with Gasteiger partial charge in [0.25, 0.3) is 5.91 Å². The van der Waals surface area contributed by atoms with Crippen LogP contribution in [0.1, 0.15) is 5.56 Å². The highest BCUT2D eigenvalue weighted by Gasteiger charge is 2.11. The Balaban J connectivity index is 2.00. The van der Waals surface area contributed by atoms with Crippen molar-refractivity contribution in [1.82, 2.24) is 0 Å². The van der Waals surface area contributed by atoms with Gasteiger partial charge in [-0.2, -0.15) is 0 Å². The van der Waals surface area contributed by atoms with Gasteiger partial charge >= 0.3 is 0 Å². The van der Waals surface area contributed by atoms with E-state index in [-0.39, 0.29) is 12.5 Å². The predicted octanol–water partition coefficient (Wildman–Crippen LogP) is 5.74. The fraction of sp³-hybridized carbons (Fsp3) is 0.133. The van der Waals surface area contributed by atoms with Gasteiger partial charge in [-0.1, -0.05) is 40.9 Å². The van der Waals surface area contributed by atoms with E-state index in [1.54, 1.807) is 6.07 Å². The van der Waals surface area contributed by atoms with Gasteiger partial charge in [0.1, 0.15) is 5.75 Å². The van der Waals surface area contributed by atoms with E-state index in [2.05, 4.69) is 21.2 Å². The molecule has 2 aromatic carbocycles. The Bertz CT molecular complexity index is 722. The van der Waals surface area contributed by atoms with Crippen molar-refractivity contribution in [2.45, 2.75) is 6.92 Å². The summed E-state index contributed by atoms with van der Waals surface area (Å²) >= 11 is 21.1. The van der Waals surface area contributed by atoms with Crippen LogP contribution in [-0.4, -0.2) is 12.5 Å². The second-order valence-electron chi connectivity index (χ2n) is 4.52. The van der Waals surface area contributed by atoms with Crippen LogP contribution in [0.2, 0.25) is 15.1 Å². The van der Waals surface area contributed by atoms with E-state index < -0.39 is 0 Å². The molecule has 0 fully saturated rings. The van der Waals surface area contributed by atoms with Gasteiger partial charge in [0, 0.05) is 0 Å². The number of nitrogens with one attached hydrogen (secondary N) is 1. The lowest BCUT2D eigenvalue weighted by Crippen LogP contribution is -2.20. The van der Waals surface area contributed by atoms with Crippen molar-refractivity contribution in [1.29, 1.82) is 0 Å². The number of rotatable bonds is 4. The van der Waals surface area contributed by atoms with Crippen LogP contribution >= 0.6 is 50.7 Å². The molecule has 3 nitrogen and oxygen atoms in total. The molecule has 2 aromatic rings. The summed E-state index contributed by atoms with van der Waals surface area (Å²) < 4.78 is 6.24. The van der Waals surface area contributed by atoms with Gasteiger partial charge in [0.05, 0.1) is 25.2 Å². The van der Waals surface area contributed by atoms with Crippen LogP contribution in [0.4, 0.5) is 5.69 Å². The van der Waals surface area contributed by atoms with Crippen molar-refractivity contribution in [2.75, 3.05) is 11.9 Å². The van der Waals surface area contributed by atoms with Gasteiger partial charge in [0.15, 0.2) is 6.61 Å². The van der Waals surface area contributed by atoms with E-state index in [1.807, 2.05) is 19.1 Å². The topological polar surface area (TPSA) is 38.3 Å². The zero-order chi connectivity index (χ0) is 16.3. The van der Waals surface area contributed by atoms with Crippen LogP contribution in [0.15, 0.2) is 34.8 Å². The summed E-state index contributed by atoms with van der Waals surface area (Å²) in [7, 11) is 0. The minimum atomic E-state index is -0.354. The lowest BCUT2D eigenvalue weighted by Gasteiger charge is -2.11. The molecule has 0 aromatic heterocycles. The van der Waals surface area contributed by atoms with Crippen LogP contribution in [0, 0.1) is 6.92 Å². The molecule has 22 heavy (non-hydrogen) atoms. The van der Waals surface area contributed by atoms with Crippen LogP contribution in [0.3, 0.4) is 0 Å². The Morgan fingerprint density at radius 2 is 1.82 bits per heavy atom. The first-order valence-electron chi connectivity index (χ1n) is 6.20.